The van der Waals surface area contributed by atoms with Crippen molar-refractivity contribution in [2.75, 3.05) is 6.54 Å². The van der Waals surface area contributed by atoms with Gasteiger partial charge in [-0.3, -0.25) is 19.6 Å². The Morgan fingerprint density at radius 3 is 2.24 bits per heavy atom. The van der Waals surface area contributed by atoms with E-state index in [1.54, 1.807) is 10.4 Å². The number of carbonyl (C=O) groups excluding carboxylic acids is 3. The zero-order chi connectivity index (χ0) is 24.6. The molecule has 7 nitrogen and oxygen atoms in total. The van der Waals surface area contributed by atoms with Gasteiger partial charge >= 0.3 is 0 Å². The first-order valence-electron chi connectivity index (χ1n) is 11.9. The van der Waals surface area contributed by atoms with Crippen molar-refractivity contribution in [3.8, 4) is 0 Å². The first-order chi connectivity index (χ1) is 16.3. The van der Waals surface area contributed by atoms with Gasteiger partial charge < -0.3 is 10.2 Å². The van der Waals surface area contributed by atoms with Gasteiger partial charge in [-0.05, 0) is 42.7 Å². The third-order valence-electron chi connectivity index (χ3n) is 6.51. The summed E-state index contributed by atoms with van der Waals surface area (Å²) < 4.78 is 0. The van der Waals surface area contributed by atoms with Crippen LogP contribution in [0.3, 0.4) is 0 Å². The third kappa shape index (κ3) is 6.44. The van der Waals surface area contributed by atoms with Crippen molar-refractivity contribution in [2.45, 2.75) is 58.5 Å². The summed E-state index contributed by atoms with van der Waals surface area (Å²) in [6.07, 6.45) is 2.05. The molecule has 1 saturated heterocycles. The topological polar surface area (TPSA) is 98.7 Å². The number of hydrogen-bond donors (Lipinski definition) is 3. The lowest BCUT2D eigenvalue weighted by Crippen LogP contribution is -2.50. The fourth-order valence-corrected chi connectivity index (χ4v) is 4.98. The molecule has 182 valence electrons. The van der Waals surface area contributed by atoms with E-state index < -0.39 is 17.4 Å². The minimum atomic E-state index is -0.911. The number of benzene rings is 2. The van der Waals surface area contributed by atoms with E-state index in [4.69, 9.17) is 5.21 Å². The Hall–Kier alpha value is -3.19. The maximum absolute atomic E-state index is 13.7. The number of rotatable bonds is 11. The summed E-state index contributed by atoms with van der Waals surface area (Å²) in [5, 5.41) is 12.1. The van der Waals surface area contributed by atoms with E-state index in [2.05, 4.69) is 5.32 Å². The Morgan fingerprint density at radius 1 is 1.03 bits per heavy atom. The first-order valence-corrected chi connectivity index (χ1v) is 11.9. The van der Waals surface area contributed by atoms with Crippen LogP contribution in [-0.2, 0) is 27.3 Å². The molecule has 0 unspecified atom stereocenters. The Kier molecular flexibility index (Phi) is 8.82. The standard InChI is InChI=1S/C27H35N3O4/c1-20(2)17-27(18-24(31)29-34)15-16-30(26(27)33)23(14-13-21-9-5-3-6-10-21)25(32)28-19-22-11-7-4-8-12-22/h3-12,20,23,34H,13-19H2,1-2H3,(H,28,32)(H,29,31)/t23-,27+/m0/s1. The third-order valence-corrected chi connectivity index (χ3v) is 6.51. The molecule has 1 heterocycles. The summed E-state index contributed by atoms with van der Waals surface area (Å²) >= 11 is 0. The number of likely N-dealkylation sites (tertiary alicyclic amines) is 1. The molecule has 2 aromatic rings. The Labute approximate surface area is 201 Å². The Morgan fingerprint density at radius 2 is 1.65 bits per heavy atom. The zero-order valence-corrected chi connectivity index (χ0v) is 20.0. The number of hydrogen-bond acceptors (Lipinski definition) is 4. The van der Waals surface area contributed by atoms with Crippen molar-refractivity contribution in [3.63, 3.8) is 0 Å². The van der Waals surface area contributed by atoms with Gasteiger partial charge in [-0.2, -0.15) is 0 Å². The first kappa shape index (κ1) is 25.4. The average molecular weight is 466 g/mol. The van der Waals surface area contributed by atoms with E-state index in [1.165, 1.54) is 0 Å². The van der Waals surface area contributed by atoms with Gasteiger partial charge in [-0.15, -0.1) is 0 Å². The normalized spacial score (nSPS) is 18.7. The van der Waals surface area contributed by atoms with Crippen LogP contribution in [0.5, 0.6) is 0 Å². The van der Waals surface area contributed by atoms with E-state index in [9.17, 15) is 14.4 Å². The number of amides is 3. The molecule has 0 aliphatic carbocycles. The number of aryl methyl sites for hydroxylation is 1. The highest BCUT2D eigenvalue weighted by Crippen LogP contribution is 2.42. The van der Waals surface area contributed by atoms with Crippen molar-refractivity contribution in [2.24, 2.45) is 11.3 Å². The van der Waals surface area contributed by atoms with Gasteiger partial charge in [0.1, 0.15) is 6.04 Å². The van der Waals surface area contributed by atoms with Gasteiger partial charge in [0.2, 0.25) is 17.7 Å². The van der Waals surface area contributed by atoms with E-state index in [0.717, 1.165) is 11.1 Å². The van der Waals surface area contributed by atoms with Crippen LogP contribution in [0, 0.1) is 11.3 Å². The quantitative estimate of drug-likeness (QED) is 0.350. The van der Waals surface area contributed by atoms with Crippen LogP contribution in [0.25, 0.3) is 0 Å². The van der Waals surface area contributed by atoms with Gasteiger partial charge in [0.15, 0.2) is 0 Å². The van der Waals surface area contributed by atoms with E-state index in [1.807, 2.05) is 74.5 Å². The van der Waals surface area contributed by atoms with Crippen LogP contribution in [0.2, 0.25) is 0 Å². The second-order valence-electron chi connectivity index (χ2n) is 9.58. The lowest BCUT2D eigenvalue weighted by Gasteiger charge is -2.32. The maximum atomic E-state index is 13.7. The number of carbonyl (C=O) groups is 3. The number of hydroxylamine groups is 1. The van der Waals surface area contributed by atoms with Gasteiger partial charge in [0.05, 0.1) is 5.41 Å². The van der Waals surface area contributed by atoms with E-state index in [0.29, 0.717) is 38.8 Å². The monoisotopic (exact) mass is 465 g/mol. The summed E-state index contributed by atoms with van der Waals surface area (Å²) in [5.41, 5.74) is 2.85. The predicted octanol–water partition coefficient (Wildman–Crippen LogP) is 3.46. The fraction of sp³-hybridized carbons (Fsp3) is 0.444. The fourth-order valence-electron chi connectivity index (χ4n) is 4.98. The zero-order valence-electron chi connectivity index (χ0n) is 20.0. The number of nitrogens with one attached hydrogen (secondary N) is 2. The number of nitrogens with zero attached hydrogens (tertiary/aromatic N) is 1. The molecule has 0 spiro atoms. The Balaban J connectivity index is 1.81. The molecule has 3 rings (SSSR count). The summed E-state index contributed by atoms with van der Waals surface area (Å²) in [6.45, 7) is 4.80. The SMILES string of the molecule is CC(C)C[C@@]1(CC(=O)NO)CCN([C@@H](CCc2ccccc2)C(=O)NCc2ccccc2)C1=O. The van der Waals surface area contributed by atoms with Gasteiger partial charge in [-0.1, -0.05) is 74.5 Å². The summed E-state index contributed by atoms with van der Waals surface area (Å²) in [6, 6.07) is 18.9. The van der Waals surface area contributed by atoms with Crippen molar-refractivity contribution < 1.29 is 19.6 Å². The highest BCUT2D eigenvalue weighted by Gasteiger charge is 2.50. The van der Waals surface area contributed by atoms with Crippen LogP contribution in [-0.4, -0.2) is 40.4 Å². The molecule has 2 aromatic carbocycles. The van der Waals surface area contributed by atoms with Crippen molar-refractivity contribution in [3.05, 3.63) is 71.8 Å². The van der Waals surface area contributed by atoms with Crippen LogP contribution in [0.15, 0.2) is 60.7 Å². The minimum Gasteiger partial charge on any atom is -0.350 e. The van der Waals surface area contributed by atoms with Crippen molar-refractivity contribution in [1.29, 1.82) is 0 Å². The largest absolute Gasteiger partial charge is 0.350 e. The predicted molar refractivity (Wildman–Crippen MR) is 130 cm³/mol. The molecule has 34 heavy (non-hydrogen) atoms. The second kappa shape index (κ2) is 11.8. The molecule has 0 aromatic heterocycles. The highest BCUT2D eigenvalue weighted by molar-refractivity contribution is 5.94. The second-order valence-corrected chi connectivity index (χ2v) is 9.58. The van der Waals surface area contributed by atoms with Crippen LogP contribution >= 0.6 is 0 Å². The lowest BCUT2D eigenvalue weighted by atomic mass is 9.75. The van der Waals surface area contributed by atoms with Gasteiger partial charge in [0.25, 0.3) is 0 Å². The summed E-state index contributed by atoms with van der Waals surface area (Å²) in [5.74, 6) is -0.770. The molecule has 0 radical (unpaired) electrons. The molecule has 1 aliphatic heterocycles. The van der Waals surface area contributed by atoms with Crippen LogP contribution in [0.4, 0.5) is 0 Å². The Bertz CT molecular complexity index is 964. The van der Waals surface area contributed by atoms with Crippen LogP contribution < -0.4 is 10.8 Å². The molecule has 1 aliphatic rings. The van der Waals surface area contributed by atoms with Crippen LogP contribution in [0.1, 0.15) is 50.7 Å². The average Bonchev–Trinajstić information content (AvgIpc) is 3.13. The van der Waals surface area contributed by atoms with E-state index in [-0.39, 0.29) is 24.2 Å². The van der Waals surface area contributed by atoms with Gasteiger partial charge in [-0.25, -0.2) is 5.48 Å². The smallest absolute Gasteiger partial charge is 0.244 e. The lowest BCUT2D eigenvalue weighted by molar-refractivity contribution is -0.147. The maximum Gasteiger partial charge on any atom is 0.244 e. The molecule has 2 atom stereocenters. The molecule has 0 saturated carbocycles. The highest BCUT2D eigenvalue weighted by atomic mass is 16.5. The van der Waals surface area contributed by atoms with Crippen molar-refractivity contribution >= 4 is 17.7 Å². The van der Waals surface area contributed by atoms with Gasteiger partial charge in [0, 0.05) is 19.5 Å². The molecule has 1 fully saturated rings. The molecule has 3 N–H and O–H groups in total. The van der Waals surface area contributed by atoms with Crippen molar-refractivity contribution in [1.82, 2.24) is 15.7 Å². The molecule has 3 amide bonds. The minimum absolute atomic E-state index is 0.0892. The molecular formula is C27H35N3O4. The summed E-state index contributed by atoms with van der Waals surface area (Å²) in [4.78, 5) is 40.8. The molecule has 7 heteroatoms. The van der Waals surface area contributed by atoms with E-state index >= 15 is 0 Å². The molecular weight excluding hydrogens is 430 g/mol. The summed E-state index contributed by atoms with van der Waals surface area (Å²) in [7, 11) is 0. The molecule has 0 bridgehead atoms.